The van der Waals surface area contributed by atoms with Gasteiger partial charge in [-0.1, -0.05) is 0 Å². The maximum atomic E-state index is 10.7. The Labute approximate surface area is 69.9 Å². The third-order valence-corrected chi connectivity index (χ3v) is 2.28. The Morgan fingerprint density at radius 2 is 2.08 bits per heavy atom. The van der Waals surface area contributed by atoms with Crippen LogP contribution in [0.15, 0.2) is 0 Å². The molecule has 0 aromatic heterocycles. The number of ether oxygens (including phenoxy) is 1. The molecule has 12 heavy (non-hydrogen) atoms. The van der Waals surface area contributed by atoms with Gasteiger partial charge in [0, 0.05) is 0 Å². The first-order valence-electron chi connectivity index (χ1n) is 3.08. The van der Waals surface area contributed by atoms with Crippen molar-refractivity contribution in [3.63, 3.8) is 0 Å². The summed E-state index contributed by atoms with van der Waals surface area (Å²) in [6.07, 6.45) is 0. The van der Waals surface area contributed by atoms with Crippen molar-refractivity contribution in [3.8, 4) is 0 Å². The first kappa shape index (κ1) is 11.3. The van der Waals surface area contributed by atoms with Crippen LogP contribution in [0.3, 0.4) is 0 Å². The molecule has 1 atom stereocenters. The summed E-state index contributed by atoms with van der Waals surface area (Å²) in [6, 6.07) is 0. The Kier molecular flexibility index (Phi) is 3.19. The molecular weight excluding hydrogens is 188 g/mol. The number of carbonyl (C=O) groups is 1. The van der Waals surface area contributed by atoms with Crippen molar-refractivity contribution in [2.45, 2.75) is 18.8 Å². The van der Waals surface area contributed by atoms with Gasteiger partial charge in [0.05, 0.1) is 6.61 Å². The first-order valence-corrected chi connectivity index (χ1v) is 4.49. The van der Waals surface area contributed by atoms with E-state index in [1.165, 1.54) is 6.92 Å². The molecule has 0 amide bonds. The number of hydrogen-bond acceptors (Lipinski definition) is 6. The summed E-state index contributed by atoms with van der Waals surface area (Å²) in [5, 5.41) is 8.88. The zero-order valence-electron chi connectivity index (χ0n) is 6.60. The van der Waals surface area contributed by atoms with Crippen molar-refractivity contribution in [2.75, 3.05) is 6.61 Å². The Morgan fingerprint density at radius 3 is 2.33 bits per heavy atom. The van der Waals surface area contributed by atoms with Crippen LogP contribution in [0.4, 0.5) is 0 Å². The Bertz CT molecular complexity index is 264. The highest BCUT2D eigenvalue weighted by Gasteiger charge is 2.39. The molecule has 72 valence electrons. The van der Waals surface area contributed by atoms with Gasteiger partial charge in [-0.15, -0.1) is 0 Å². The maximum absolute atomic E-state index is 10.7. The number of aliphatic hydroxyl groups is 1. The lowest BCUT2D eigenvalue weighted by Crippen LogP contribution is -2.44. The topological polar surface area (TPSA) is 104 Å². The molecule has 0 aliphatic heterocycles. The predicted octanol–water partition coefficient (Wildman–Crippen LogP) is -1.20. The molecule has 0 heterocycles. The van der Waals surface area contributed by atoms with E-state index in [0.29, 0.717) is 6.92 Å². The van der Waals surface area contributed by atoms with Gasteiger partial charge in [-0.3, -0.25) is 0 Å². The quantitative estimate of drug-likeness (QED) is 0.450. The molecule has 0 fully saturated rings. The molecule has 1 unspecified atom stereocenters. The highest BCUT2D eigenvalue weighted by atomic mass is 32.2. The summed E-state index contributed by atoms with van der Waals surface area (Å²) in [4.78, 5) is 7.66. The summed E-state index contributed by atoms with van der Waals surface area (Å²) in [7, 11) is -5.09. The highest BCUT2D eigenvalue weighted by Crippen LogP contribution is 2.12. The molecule has 0 aromatic rings. The second-order valence-electron chi connectivity index (χ2n) is 2.16. The van der Waals surface area contributed by atoms with E-state index >= 15 is 0 Å². The summed E-state index contributed by atoms with van der Waals surface area (Å²) in [6.45, 7) is 1.89. The fourth-order valence-corrected chi connectivity index (χ4v) is 0.630. The molecule has 0 saturated carbocycles. The van der Waals surface area contributed by atoms with Crippen LogP contribution in [-0.4, -0.2) is 35.6 Å². The molecule has 7 heteroatoms. The zero-order valence-corrected chi connectivity index (χ0v) is 7.42. The average Bonchev–Trinajstić information content (AvgIpc) is 1.85. The van der Waals surface area contributed by atoms with Crippen LogP contribution in [-0.2, 0) is 19.6 Å². The van der Waals surface area contributed by atoms with E-state index in [0.717, 1.165) is 0 Å². The molecule has 0 saturated heterocycles. The van der Waals surface area contributed by atoms with Crippen molar-refractivity contribution >= 4 is 16.1 Å². The Morgan fingerprint density at radius 1 is 1.67 bits per heavy atom. The third kappa shape index (κ3) is 2.16. The number of rotatable bonds is 3. The van der Waals surface area contributed by atoms with E-state index in [1.807, 2.05) is 0 Å². The van der Waals surface area contributed by atoms with Gasteiger partial charge in [0.15, 0.2) is 0 Å². The molecule has 0 radical (unpaired) electrons. The fourth-order valence-electron chi connectivity index (χ4n) is 0.367. The lowest BCUT2D eigenvalue weighted by molar-refractivity contribution is -0.155. The summed E-state index contributed by atoms with van der Waals surface area (Å²) in [5.74, 6) is -1.46. The molecule has 0 aromatic carbocycles. The minimum absolute atomic E-state index is 0.107. The monoisotopic (exact) mass is 197 g/mol. The van der Waals surface area contributed by atoms with Gasteiger partial charge >= 0.3 is 5.97 Å². The van der Waals surface area contributed by atoms with Crippen LogP contribution in [0.1, 0.15) is 13.8 Å². The minimum atomic E-state index is -5.09. The second kappa shape index (κ2) is 3.38. The van der Waals surface area contributed by atoms with Crippen molar-refractivity contribution in [1.82, 2.24) is 0 Å². The van der Waals surface area contributed by atoms with Crippen molar-refractivity contribution in [3.05, 3.63) is 0 Å². The zero-order chi connectivity index (χ0) is 9.99. The predicted molar refractivity (Wildman–Crippen MR) is 37.0 cm³/mol. The lowest BCUT2D eigenvalue weighted by Gasteiger charge is -2.23. The molecule has 0 aliphatic rings. The van der Waals surface area contributed by atoms with E-state index in [-0.39, 0.29) is 6.61 Å². The molecule has 0 aliphatic carbocycles. The number of hydrogen-bond donors (Lipinski definition) is 1. The molecule has 0 spiro atoms. The van der Waals surface area contributed by atoms with Gasteiger partial charge < -0.3 is 14.4 Å². The van der Waals surface area contributed by atoms with E-state index in [4.69, 9.17) is 5.11 Å². The maximum Gasteiger partial charge on any atom is 0.352 e. The van der Waals surface area contributed by atoms with E-state index in [1.54, 1.807) is 0 Å². The first-order chi connectivity index (χ1) is 5.23. The van der Waals surface area contributed by atoms with Gasteiger partial charge in [-0.2, -0.15) is 0 Å². The van der Waals surface area contributed by atoms with Crippen LogP contribution >= 0.6 is 0 Å². The van der Waals surface area contributed by atoms with Crippen LogP contribution in [0, 0.1) is 0 Å². The molecule has 6 nitrogen and oxygen atoms in total. The molecular formula is C5H9O6S-. The summed E-state index contributed by atoms with van der Waals surface area (Å²) >= 11 is 0. The molecule has 0 rings (SSSR count). The van der Waals surface area contributed by atoms with Crippen molar-refractivity contribution in [1.29, 1.82) is 0 Å². The van der Waals surface area contributed by atoms with Gasteiger partial charge in [0.2, 0.25) is 4.93 Å². The molecule has 1 N–H and O–H groups in total. The lowest BCUT2D eigenvalue weighted by atomic mass is 10.4. The van der Waals surface area contributed by atoms with Gasteiger partial charge in [0.1, 0.15) is 10.1 Å². The van der Waals surface area contributed by atoms with Crippen LogP contribution in [0.5, 0.6) is 0 Å². The van der Waals surface area contributed by atoms with Gasteiger partial charge in [0.25, 0.3) is 0 Å². The fraction of sp³-hybridized carbons (Fsp3) is 0.800. The van der Waals surface area contributed by atoms with E-state index in [9.17, 15) is 17.8 Å². The van der Waals surface area contributed by atoms with Crippen LogP contribution in [0.25, 0.3) is 0 Å². The van der Waals surface area contributed by atoms with Gasteiger partial charge in [-0.25, -0.2) is 13.2 Å². The normalized spacial score (nSPS) is 16.7. The second-order valence-corrected chi connectivity index (χ2v) is 3.86. The Hall–Kier alpha value is -0.660. The molecule has 0 bridgehead atoms. The van der Waals surface area contributed by atoms with E-state index in [2.05, 4.69) is 4.74 Å². The van der Waals surface area contributed by atoms with Crippen molar-refractivity contribution < 1.29 is 27.6 Å². The summed E-state index contributed by atoms with van der Waals surface area (Å²) in [5.41, 5.74) is 0. The SMILES string of the molecule is CCOC(=O)C(C)(O)S(=O)(=O)[O-]. The van der Waals surface area contributed by atoms with Crippen LogP contribution in [0.2, 0.25) is 0 Å². The third-order valence-electron chi connectivity index (χ3n) is 1.14. The summed E-state index contributed by atoms with van der Waals surface area (Å²) < 4.78 is 35.0. The average molecular weight is 197 g/mol. The standard InChI is InChI=1S/C5H10O6S/c1-3-11-4(6)5(2,7)12(8,9)10/h7H,3H2,1-2H3,(H,8,9,10)/p-1. The smallest absolute Gasteiger partial charge is 0.352 e. The highest BCUT2D eigenvalue weighted by molar-refractivity contribution is 7.87. The number of carbonyl (C=O) groups excluding carboxylic acids is 1. The number of esters is 1. The van der Waals surface area contributed by atoms with Crippen molar-refractivity contribution in [2.24, 2.45) is 0 Å². The largest absolute Gasteiger partial charge is 0.745 e. The van der Waals surface area contributed by atoms with Gasteiger partial charge in [-0.05, 0) is 13.8 Å². The Balaban J connectivity index is 4.75. The van der Waals surface area contributed by atoms with E-state index < -0.39 is 21.0 Å². The van der Waals surface area contributed by atoms with Crippen LogP contribution < -0.4 is 0 Å². The minimum Gasteiger partial charge on any atom is -0.745 e.